The van der Waals surface area contributed by atoms with Gasteiger partial charge in [0.25, 0.3) is 0 Å². The van der Waals surface area contributed by atoms with Crippen molar-refractivity contribution < 1.29 is 0 Å². The highest BCUT2D eigenvalue weighted by Crippen LogP contribution is 2.25. The SMILES string of the molecule is Cc1cc(C=NNc2ccccn2)c(C)n1-c1ccccc1Cl. The summed E-state index contributed by atoms with van der Waals surface area (Å²) < 4.78 is 2.13. The second-order valence-corrected chi connectivity index (χ2v) is 5.61. The largest absolute Gasteiger partial charge is 0.316 e. The molecule has 1 aromatic carbocycles. The number of hydrogen-bond donors (Lipinski definition) is 1. The molecule has 4 nitrogen and oxygen atoms in total. The number of anilines is 1. The molecule has 1 N–H and O–H groups in total. The first-order valence-corrected chi connectivity index (χ1v) is 7.68. The van der Waals surface area contributed by atoms with Crippen LogP contribution in [0.25, 0.3) is 5.69 Å². The quantitative estimate of drug-likeness (QED) is 0.563. The van der Waals surface area contributed by atoms with E-state index < -0.39 is 0 Å². The number of pyridine rings is 1. The van der Waals surface area contributed by atoms with Crippen molar-refractivity contribution in [3.8, 4) is 5.69 Å². The predicted molar refractivity (Wildman–Crippen MR) is 95.7 cm³/mol. The van der Waals surface area contributed by atoms with Gasteiger partial charge in [-0.2, -0.15) is 5.10 Å². The van der Waals surface area contributed by atoms with Crippen LogP contribution in [0.15, 0.2) is 59.8 Å². The second kappa shape index (κ2) is 6.67. The van der Waals surface area contributed by atoms with E-state index >= 15 is 0 Å². The van der Waals surface area contributed by atoms with Crippen molar-refractivity contribution in [3.63, 3.8) is 0 Å². The van der Waals surface area contributed by atoms with E-state index in [1.165, 1.54) is 0 Å². The Balaban J connectivity index is 1.88. The highest BCUT2D eigenvalue weighted by atomic mass is 35.5. The minimum absolute atomic E-state index is 0.712. The number of hydrogen-bond acceptors (Lipinski definition) is 3. The lowest BCUT2D eigenvalue weighted by Gasteiger charge is -2.11. The van der Waals surface area contributed by atoms with Crippen LogP contribution >= 0.6 is 11.6 Å². The smallest absolute Gasteiger partial charge is 0.146 e. The van der Waals surface area contributed by atoms with Gasteiger partial charge >= 0.3 is 0 Å². The standard InChI is InChI=1S/C18H17ClN4/c1-13-11-15(12-21-22-18-9-5-6-10-20-18)14(2)23(13)17-8-4-3-7-16(17)19/h3-12H,1-2H3,(H,20,22). The third-order valence-corrected chi connectivity index (χ3v) is 3.93. The third kappa shape index (κ3) is 3.27. The summed E-state index contributed by atoms with van der Waals surface area (Å²) in [6, 6.07) is 15.5. The van der Waals surface area contributed by atoms with Crippen LogP contribution in [0.3, 0.4) is 0 Å². The predicted octanol–water partition coefficient (Wildman–Crippen LogP) is 4.59. The van der Waals surface area contributed by atoms with Gasteiger partial charge in [-0.05, 0) is 44.2 Å². The Kier molecular flexibility index (Phi) is 4.44. The van der Waals surface area contributed by atoms with E-state index in [0.29, 0.717) is 5.82 Å². The first-order valence-electron chi connectivity index (χ1n) is 7.31. The molecule has 2 aromatic heterocycles. The van der Waals surface area contributed by atoms with Crippen LogP contribution in [0.1, 0.15) is 17.0 Å². The number of aromatic nitrogens is 2. The molecule has 0 radical (unpaired) electrons. The Morgan fingerprint density at radius 2 is 1.91 bits per heavy atom. The molecule has 23 heavy (non-hydrogen) atoms. The average molecular weight is 325 g/mol. The summed E-state index contributed by atoms with van der Waals surface area (Å²) in [4.78, 5) is 4.17. The molecule has 0 bridgehead atoms. The molecule has 5 heteroatoms. The van der Waals surface area contributed by atoms with E-state index in [4.69, 9.17) is 11.6 Å². The average Bonchev–Trinajstić information content (AvgIpc) is 2.83. The molecule has 0 aliphatic carbocycles. The first-order chi connectivity index (χ1) is 11.2. The van der Waals surface area contributed by atoms with Gasteiger partial charge < -0.3 is 4.57 Å². The number of nitrogens with one attached hydrogen (secondary N) is 1. The Labute approximate surface area is 140 Å². The van der Waals surface area contributed by atoms with Crippen LogP contribution in [0.5, 0.6) is 0 Å². The topological polar surface area (TPSA) is 42.2 Å². The van der Waals surface area contributed by atoms with Gasteiger partial charge in [0.1, 0.15) is 5.82 Å². The lowest BCUT2D eigenvalue weighted by Crippen LogP contribution is -2.00. The fourth-order valence-electron chi connectivity index (χ4n) is 2.52. The fourth-order valence-corrected chi connectivity index (χ4v) is 2.74. The maximum atomic E-state index is 6.32. The van der Waals surface area contributed by atoms with Crippen molar-refractivity contribution in [2.75, 3.05) is 5.43 Å². The van der Waals surface area contributed by atoms with Crippen molar-refractivity contribution >= 4 is 23.6 Å². The van der Waals surface area contributed by atoms with Crippen LogP contribution in [0.2, 0.25) is 5.02 Å². The number of rotatable bonds is 4. The molecular formula is C18H17ClN4. The summed E-state index contributed by atoms with van der Waals surface area (Å²) >= 11 is 6.32. The second-order valence-electron chi connectivity index (χ2n) is 5.20. The monoisotopic (exact) mass is 324 g/mol. The zero-order valence-electron chi connectivity index (χ0n) is 13.0. The molecule has 0 spiro atoms. The number of para-hydroxylation sites is 1. The van der Waals surface area contributed by atoms with Gasteiger partial charge in [-0.15, -0.1) is 0 Å². The lowest BCUT2D eigenvalue weighted by molar-refractivity contribution is 0.965. The maximum Gasteiger partial charge on any atom is 0.146 e. The van der Waals surface area contributed by atoms with Crippen LogP contribution < -0.4 is 5.43 Å². The molecule has 116 valence electrons. The summed E-state index contributed by atoms with van der Waals surface area (Å²) in [5.41, 5.74) is 7.12. The summed E-state index contributed by atoms with van der Waals surface area (Å²) in [5.74, 6) is 0.712. The summed E-state index contributed by atoms with van der Waals surface area (Å²) in [6.07, 6.45) is 3.52. The lowest BCUT2D eigenvalue weighted by atomic mass is 10.2. The minimum Gasteiger partial charge on any atom is -0.316 e. The molecular weight excluding hydrogens is 308 g/mol. The Bertz CT molecular complexity index is 837. The maximum absolute atomic E-state index is 6.32. The van der Waals surface area contributed by atoms with Crippen LogP contribution in [-0.4, -0.2) is 15.8 Å². The number of hydrazone groups is 1. The van der Waals surface area contributed by atoms with Gasteiger partial charge in [0.05, 0.1) is 16.9 Å². The molecule has 0 aliphatic heterocycles. The van der Waals surface area contributed by atoms with Gasteiger partial charge in [0.2, 0.25) is 0 Å². The Morgan fingerprint density at radius 1 is 1.13 bits per heavy atom. The van der Waals surface area contributed by atoms with Crippen LogP contribution in [0, 0.1) is 13.8 Å². The number of halogens is 1. The first kappa shape index (κ1) is 15.3. The molecule has 3 rings (SSSR count). The van der Waals surface area contributed by atoms with Crippen molar-refractivity contribution in [3.05, 3.63) is 76.7 Å². The minimum atomic E-state index is 0.712. The van der Waals surface area contributed by atoms with E-state index in [1.54, 1.807) is 12.4 Å². The number of nitrogens with zero attached hydrogens (tertiary/aromatic N) is 3. The summed E-state index contributed by atoms with van der Waals surface area (Å²) in [7, 11) is 0. The van der Waals surface area contributed by atoms with E-state index in [9.17, 15) is 0 Å². The van der Waals surface area contributed by atoms with E-state index in [0.717, 1.165) is 27.7 Å². The summed E-state index contributed by atoms with van der Waals surface area (Å²) in [5, 5.41) is 4.99. The molecule has 0 saturated heterocycles. The van der Waals surface area contributed by atoms with E-state index in [2.05, 4.69) is 40.0 Å². The van der Waals surface area contributed by atoms with Gasteiger partial charge in [-0.1, -0.05) is 29.8 Å². The van der Waals surface area contributed by atoms with Crippen molar-refractivity contribution in [2.45, 2.75) is 13.8 Å². The third-order valence-electron chi connectivity index (χ3n) is 3.61. The van der Waals surface area contributed by atoms with Crippen LogP contribution in [-0.2, 0) is 0 Å². The molecule has 2 heterocycles. The van der Waals surface area contributed by atoms with Gasteiger partial charge in [0.15, 0.2) is 0 Å². The number of aryl methyl sites for hydroxylation is 1. The van der Waals surface area contributed by atoms with Crippen molar-refractivity contribution in [1.29, 1.82) is 0 Å². The van der Waals surface area contributed by atoms with Gasteiger partial charge in [-0.3, -0.25) is 5.43 Å². The zero-order chi connectivity index (χ0) is 16.2. The van der Waals surface area contributed by atoms with E-state index in [1.807, 2.05) is 42.5 Å². The van der Waals surface area contributed by atoms with Crippen molar-refractivity contribution in [2.24, 2.45) is 5.10 Å². The highest BCUT2D eigenvalue weighted by Gasteiger charge is 2.11. The van der Waals surface area contributed by atoms with Crippen LogP contribution in [0.4, 0.5) is 5.82 Å². The Hall–Kier alpha value is -2.59. The Morgan fingerprint density at radius 3 is 2.65 bits per heavy atom. The number of benzene rings is 1. The molecule has 0 atom stereocenters. The molecule has 0 saturated carbocycles. The molecule has 0 fully saturated rings. The highest BCUT2D eigenvalue weighted by molar-refractivity contribution is 6.32. The fraction of sp³-hybridized carbons (Fsp3) is 0.111. The van der Waals surface area contributed by atoms with E-state index in [-0.39, 0.29) is 0 Å². The van der Waals surface area contributed by atoms with Crippen molar-refractivity contribution in [1.82, 2.24) is 9.55 Å². The molecule has 0 aliphatic rings. The normalized spacial score (nSPS) is 11.1. The van der Waals surface area contributed by atoms with Gasteiger partial charge in [0, 0.05) is 23.1 Å². The molecule has 0 amide bonds. The summed E-state index contributed by atoms with van der Waals surface area (Å²) in [6.45, 7) is 4.11. The van der Waals surface area contributed by atoms with Gasteiger partial charge in [-0.25, -0.2) is 4.98 Å². The molecule has 3 aromatic rings. The molecule has 0 unspecified atom stereocenters. The zero-order valence-corrected chi connectivity index (χ0v) is 13.7.